The van der Waals surface area contributed by atoms with Crippen molar-refractivity contribution in [3.8, 4) is 0 Å². The lowest BCUT2D eigenvalue weighted by Gasteiger charge is -2.11. The molecule has 0 saturated heterocycles. The largest absolute Gasteiger partial charge is 0.357 e. The number of nitrogens with one attached hydrogen (secondary N) is 2. The van der Waals surface area contributed by atoms with Gasteiger partial charge in [0.1, 0.15) is 0 Å². The van der Waals surface area contributed by atoms with Crippen LogP contribution in [0.2, 0.25) is 0 Å². The van der Waals surface area contributed by atoms with Gasteiger partial charge in [-0.15, -0.1) is 24.0 Å². The van der Waals surface area contributed by atoms with Crippen molar-refractivity contribution in [3.05, 3.63) is 66.0 Å². The van der Waals surface area contributed by atoms with E-state index in [9.17, 15) is 0 Å². The average Bonchev–Trinajstić information content (AvgIpc) is 3.39. The summed E-state index contributed by atoms with van der Waals surface area (Å²) in [7, 11) is 0. The maximum atomic E-state index is 4.61. The standard InChI is InChI=1S/C19H24N4.HI/c1-2-20-19(23-14-17-10-6-7-11-21-17)22-13-16-12-18(16)15-8-4-3-5-9-15;/h3-11,16,18H,2,12-14H2,1H3,(H2,20,22,23);1H. The minimum atomic E-state index is 0. The SMILES string of the molecule is CCNC(=NCc1ccccn1)NCC1CC1c1ccccc1.I. The molecule has 4 nitrogen and oxygen atoms in total. The third kappa shape index (κ3) is 5.47. The minimum absolute atomic E-state index is 0. The monoisotopic (exact) mass is 436 g/mol. The summed E-state index contributed by atoms with van der Waals surface area (Å²) >= 11 is 0. The molecule has 128 valence electrons. The first kappa shape index (κ1) is 18.7. The molecule has 0 radical (unpaired) electrons. The molecule has 2 atom stereocenters. The van der Waals surface area contributed by atoms with Gasteiger partial charge < -0.3 is 10.6 Å². The van der Waals surface area contributed by atoms with E-state index in [0.717, 1.165) is 24.7 Å². The summed E-state index contributed by atoms with van der Waals surface area (Å²) in [4.78, 5) is 8.92. The Kier molecular flexibility index (Phi) is 7.49. The molecule has 5 heteroatoms. The minimum Gasteiger partial charge on any atom is -0.357 e. The van der Waals surface area contributed by atoms with Crippen molar-refractivity contribution >= 4 is 29.9 Å². The third-order valence-electron chi connectivity index (χ3n) is 4.15. The van der Waals surface area contributed by atoms with Crippen LogP contribution in [0.3, 0.4) is 0 Å². The zero-order valence-corrected chi connectivity index (χ0v) is 16.3. The molecule has 1 aromatic carbocycles. The number of nitrogens with zero attached hydrogens (tertiary/aromatic N) is 2. The molecule has 1 aromatic heterocycles. The van der Waals surface area contributed by atoms with E-state index in [-0.39, 0.29) is 24.0 Å². The number of pyridine rings is 1. The fourth-order valence-corrected chi connectivity index (χ4v) is 2.80. The Morgan fingerprint density at radius 3 is 2.62 bits per heavy atom. The second-order valence-corrected chi connectivity index (χ2v) is 5.91. The van der Waals surface area contributed by atoms with Gasteiger partial charge in [0.15, 0.2) is 5.96 Å². The molecule has 1 fully saturated rings. The predicted octanol–water partition coefficient (Wildman–Crippen LogP) is 3.56. The van der Waals surface area contributed by atoms with E-state index >= 15 is 0 Å². The van der Waals surface area contributed by atoms with E-state index in [2.05, 4.69) is 57.9 Å². The van der Waals surface area contributed by atoms with Crippen LogP contribution in [0.25, 0.3) is 0 Å². The molecule has 0 amide bonds. The quantitative estimate of drug-likeness (QED) is 0.414. The number of guanidine groups is 1. The summed E-state index contributed by atoms with van der Waals surface area (Å²) in [6.45, 7) is 4.51. The van der Waals surface area contributed by atoms with Crippen LogP contribution in [-0.2, 0) is 6.54 Å². The molecule has 0 aliphatic heterocycles. The van der Waals surface area contributed by atoms with Crippen LogP contribution >= 0.6 is 24.0 Å². The van der Waals surface area contributed by atoms with E-state index in [1.807, 2.05) is 18.2 Å². The highest BCUT2D eigenvalue weighted by Gasteiger charge is 2.37. The summed E-state index contributed by atoms with van der Waals surface area (Å²) < 4.78 is 0. The Labute approximate surface area is 161 Å². The number of aromatic nitrogens is 1. The Bertz CT molecular complexity index is 630. The summed E-state index contributed by atoms with van der Waals surface area (Å²) in [5.41, 5.74) is 2.44. The number of hydrogen-bond donors (Lipinski definition) is 2. The molecule has 24 heavy (non-hydrogen) atoms. The fourth-order valence-electron chi connectivity index (χ4n) is 2.80. The van der Waals surface area contributed by atoms with E-state index in [1.165, 1.54) is 12.0 Å². The number of rotatable bonds is 6. The molecule has 3 rings (SSSR count). The maximum absolute atomic E-state index is 4.61. The van der Waals surface area contributed by atoms with Gasteiger partial charge in [-0.1, -0.05) is 36.4 Å². The van der Waals surface area contributed by atoms with Crippen LogP contribution in [0.5, 0.6) is 0 Å². The lowest BCUT2D eigenvalue weighted by molar-refractivity contribution is 0.720. The van der Waals surface area contributed by atoms with E-state index in [0.29, 0.717) is 18.4 Å². The maximum Gasteiger partial charge on any atom is 0.191 e. The number of halogens is 1. The van der Waals surface area contributed by atoms with Crippen molar-refractivity contribution in [1.82, 2.24) is 15.6 Å². The smallest absolute Gasteiger partial charge is 0.191 e. The summed E-state index contributed by atoms with van der Waals surface area (Å²) in [6.07, 6.45) is 3.07. The van der Waals surface area contributed by atoms with E-state index in [1.54, 1.807) is 6.20 Å². The normalized spacial score (nSPS) is 19.3. The Balaban J connectivity index is 0.00000208. The van der Waals surface area contributed by atoms with Crippen molar-refractivity contribution in [1.29, 1.82) is 0 Å². The molecule has 2 unspecified atom stereocenters. The molecule has 2 aromatic rings. The van der Waals surface area contributed by atoms with Crippen LogP contribution in [0, 0.1) is 5.92 Å². The number of aliphatic imine (C=N–C) groups is 1. The van der Waals surface area contributed by atoms with Gasteiger partial charge in [-0.25, -0.2) is 4.99 Å². The van der Waals surface area contributed by atoms with E-state index in [4.69, 9.17) is 0 Å². The van der Waals surface area contributed by atoms with Crippen molar-refractivity contribution in [2.45, 2.75) is 25.8 Å². The first-order valence-electron chi connectivity index (χ1n) is 8.34. The van der Waals surface area contributed by atoms with Crippen molar-refractivity contribution in [2.24, 2.45) is 10.9 Å². The molecular formula is C19H25IN4. The van der Waals surface area contributed by atoms with Gasteiger partial charge >= 0.3 is 0 Å². The molecular weight excluding hydrogens is 411 g/mol. The van der Waals surface area contributed by atoms with Crippen LogP contribution in [-0.4, -0.2) is 24.0 Å². The zero-order valence-electron chi connectivity index (χ0n) is 14.0. The van der Waals surface area contributed by atoms with Gasteiger partial charge in [-0.3, -0.25) is 4.98 Å². The highest BCUT2D eigenvalue weighted by Crippen LogP contribution is 2.46. The van der Waals surface area contributed by atoms with Crippen molar-refractivity contribution in [3.63, 3.8) is 0 Å². The number of benzene rings is 1. The van der Waals surface area contributed by atoms with Gasteiger partial charge in [0.25, 0.3) is 0 Å². The molecule has 0 spiro atoms. The molecule has 0 bridgehead atoms. The molecule has 1 heterocycles. The fraction of sp³-hybridized carbons (Fsp3) is 0.368. The molecule has 2 N–H and O–H groups in total. The average molecular weight is 436 g/mol. The summed E-state index contributed by atoms with van der Waals surface area (Å²) in [6, 6.07) is 16.7. The lowest BCUT2D eigenvalue weighted by Crippen LogP contribution is -2.38. The lowest BCUT2D eigenvalue weighted by atomic mass is 10.1. The van der Waals surface area contributed by atoms with Crippen LogP contribution in [0.4, 0.5) is 0 Å². The van der Waals surface area contributed by atoms with Crippen LogP contribution in [0.1, 0.15) is 30.5 Å². The van der Waals surface area contributed by atoms with Crippen molar-refractivity contribution < 1.29 is 0 Å². The van der Waals surface area contributed by atoms with Crippen LogP contribution < -0.4 is 10.6 Å². The first-order chi connectivity index (χ1) is 11.4. The number of hydrogen-bond acceptors (Lipinski definition) is 2. The van der Waals surface area contributed by atoms with Crippen LogP contribution in [0.15, 0.2) is 59.7 Å². The summed E-state index contributed by atoms with van der Waals surface area (Å²) in [5.74, 6) is 2.27. The highest BCUT2D eigenvalue weighted by atomic mass is 127. The van der Waals surface area contributed by atoms with Gasteiger partial charge in [0.2, 0.25) is 0 Å². The third-order valence-corrected chi connectivity index (χ3v) is 4.15. The molecule has 1 aliphatic rings. The van der Waals surface area contributed by atoms with E-state index < -0.39 is 0 Å². The first-order valence-corrected chi connectivity index (χ1v) is 8.34. The van der Waals surface area contributed by atoms with Gasteiger partial charge in [0.05, 0.1) is 12.2 Å². The van der Waals surface area contributed by atoms with Gasteiger partial charge in [-0.05, 0) is 42.9 Å². The van der Waals surface area contributed by atoms with Gasteiger partial charge in [-0.2, -0.15) is 0 Å². The summed E-state index contributed by atoms with van der Waals surface area (Å²) in [5, 5.41) is 6.77. The predicted molar refractivity (Wildman–Crippen MR) is 110 cm³/mol. The van der Waals surface area contributed by atoms with Crippen molar-refractivity contribution in [2.75, 3.05) is 13.1 Å². The van der Waals surface area contributed by atoms with Gasteiger partial charge in [0, 0.05) is 19.3 Å². The molecule has 1 aliphatic carbocycles. The Hall–Kier alpha value is -1.63. The zero-order chi connectivity index (χ0) is 15.9. The Morgan fingerprint density at radius 2 is 1.92 bits per heavy atom. The topological polar surface area (TPSA) is 49.3 Å². The highest BCUT2D eigenvalue weighted by molar-refractivity contribution is 14.0. The Morgan fingerprint density at radius 1 is 1.12 bits per heavy atom. The second-order valence-electron chi connectivity index (χ2n) is 5.91. The second kappa shape index (κ2) is 9.61. The molecule has 1 saturated carbocycles.